The number of aromatic nitrogens is 2. The highest BCUT2D eigenvalue weighted by Gasteiger charge is 2.35. The summed E-state index contributed by atoms with van der Waals surface area (Å²) in [4.78, 5) is 61.3. The van der Waals surface area contributed by atoms with Gasteiger partial charge in [0.15, 0.2) is 11.6 Å². The van der Waals surface area contributed by atoms with Crippen LogP contribution in [0.4, 0.5) is 0 Å². The van der Waals surface area contributed by atoms with Gasteiger partial charge in [-0.1, -0.05) is 35.4 Å². The molecule has 0 bridgehead atoms. The van der Waals surface area contributed by atoms with Gasteiger partial charge in [0.05, 0.1) is 22.5 Å². The van der Waals surface area contributed by atoms with E-state index in [0.29, 0.717) is 66.2 Å². The van der Waals surface area contributed by atoms with Gasteiger partial charge in [-0.05, 0) is 50.2 Å². The Morgan fingerprint density at radius 2 is 0.895 bits per heavy atom. The lowest BCUT2D eigenvalue weighted by atomic mass is 9.77. The summed E-state index contributed by atoms with van der Waals surface area (Å²) in [6.07, 6.45) is 0. The maximum absolute atomic E-state index is 13.8. The number of ketones is 2. The van der Waals surface area contributed by atoms with E-state index in [9.17, 15) is 19.2 Å². The minimum Gasteiger partial charge on any atom is -0.354 e. The molecule has 0 saturated carbocycles. The molecule has 0 fully saturated rings. The van der Waals surface area contributed by atoms with E-state index in [1.54, 1.807) is 24.3 Å². The van der Waals surface area contributed by atoms with E-state index < -0.39 is 0 Å². The van der Waals surface area contributed by atoms with Crippen LogP contribution in [0.25, 0.3) is 55.1 Å². The highest BCUT2D eigenvalue weighted by molar-refractivity contribution is 6.33. The van der Waals surface area contributed by atoms with Gasteiger partial charge in [0.2, 0.25) is 10.9 Å². The number of hydrogen-bond donors (Lipinski definition) is 2. The summed E-state index contributed by atoms with van der Waals surface area (Å²) < 4.78 is 0. The van der Waals surface area contributed by atoms with E-state index in [1.165, 1.54) is 0 Å². The first-order valence-corrected chi connectivity index (χ1v) is 12.4. The maximum Gasteiger partial charge on any atom is 0.201 e. The fourth-order valence-corrected chi connectivity index (χ4v) is 6.20. The summed E-state index contributed by atoms with van der Waals surface area (Å²) in [5, 5.41) is 2.16. The molecular formula is C32H18N2O4. The zero-order valence-corrected chi connectivity index (χ0v) is 20.4. The first-order valence-electron chi connectivity index (χ1n) is 12.4. The Bertz CT molecular complexity index is 2120. The normalized spacial score (nSPS) is 13.3. The molecule has 0 saturated heterocycles. The Labute approximate surface area is 214 Å². The number of pyridine rings is 2. The zero-order valence-electron chi connectivity index (χ0n) is 20.4. The molecule has 2 aromatic heterocycles. The van der Waals surface area contributed by atoms with Crippen LogP contribution in [0, 0.1) is 13.8 Å². The molecule has 0 atom stereocenters. The van der Waals surface area contributed by atoms with Gasteiger partial charge in [0, 0.05) is 54.8 Å². The smallest absolute Gasteiger partial charge is 0.201 e. The second kappa shape index (κ2) is 6.81. The minimum absolute atomic E-state index is 0.107. The molecule has 0 unspecified atom stereocenters. The average molecular weight is 495 g/mol. The molecule has 0 spiro atoms. The number of H-pyrrole nitrogens is 2. The van der Waals surface area contributed by atoms with E-state index in [-0.39, 0.29) is 33.6 Å². The molecule has 2 aliphatic rings. The van der Waals surface area contributed by atoms with Gasteiger partial charge in [-0.15, -0.1) is 0 Å². The first-order chi connectivity index (χ1) is 18.3. The molecule has 4 aromatic carbocycles. The summed E-state index contributed by atoms with van der Waals surface area (Å²) in [5.41, 5.74) is 5.76. The number of carbonyl (C=O) groups excluding carboxylic acids is 2. The van der Waals surface area contributed by atoms with Gasteiger partial charge in [-0.2, -0.15) is 0 Å². The summed E-state index contributed by atoms with van der Waals surface area (Å²) in [5.74, 6) is -0.747. The van der Waals surface area contributed by atoms with Crippen LogP contribution in [0.5, 0.6) is 0 Å². The van der Waals surface area contributed by atoms with Crippen molar-refractivity contribution in [1.29, 1.82) is 0 Å². The fourth-order valence-electron chi connectivity index (χ4n) is 6.20. The molecule has 2 N–H and O–H groups in total. The van der Waals surface area contributed by atoms with Crippen molar-refractivity contribution < 1.29 is 9.59 Å². The van der Waals surface area contributed by atoms with Crippen LogP contribution < -0.4 is 10.9 Å². The third-order valence-electron chi connectivity index (χ3n) is 7.96. The largest absolute Gasteiger partial charge is 0.354 e. The summed E-state index contributed by atoms with van der Waals surface area (Å²) in [6.45, 7) is 3.81. The third-order valence-corrected chi connectivity index (χ3v) is 7.96. The Morgan fingerprint density at radius 1 is 0.500 bits per heavy atom. The predicted octanol–water partition coefficient (Wildman–Crippen LogP) is 5.56. The van der Waals surface area contributed by atoms with Gasteiger partial charge in [-0.3, -0.25) is 19.2 Å². The second-order valence-electron chi connectivity index (χ2n) is 10.2. The van der Waals surface area contributed by atoms with Crippen LogP contribution in [-0.4, -0.2) is 21.5 Å². The van der Waals surface area contributed by atoms with E-state index in [0.717, 1.165) is 11.1 Å². The number of rotatable bonds is 0. The van der Waals surface area contributed by atoms with Crippen molar-refractivity contribution in [2.75, 3.05) is 0 Å². The number of carbonyl (C=O) groups is 2. The summed E-state index contributed by atoms with van der Waals surface area (Å²) >= 11 is 0. The van der Waals surface area contributed by atoms with Crippen molar-refractivity contribution in [2.45, 2.75) is 13.8 Å². The molecule has 180 valence electrons. The molecule has 8 rings (SSSR count). The van der Waals surface area contributed by atoms with E-state index in [1.807, 2.05) is 50.2 Å². The third kappa shape index (κ3) is 2.42. The Balaban J connectivity index is 1.52. The van der Waals surface area contributed by atoms with Crippen molar-refractivity contribution in [3.8, 4) is 22.5 Å². The number of nitrogens with one attached hydrogen (secondary N) is 2. The molecule has 0 amide bonds. The standard InChI is InChI=1S/C32H18N2O4/c1-13-3-9-21-19(11-13)31(37)25-27(33-21)15-5-6-16-24-18(8-7-17(23(15)24)29(25)35)30(36)26-28(16)34-22-10-4-14(2)12-20(22)32(26)38/h3-12H,1-2H3,(H,33,37)(H,34,38). The van der Waals surface area contributed by atoms with Crippen molar-refractivity contribution in [1.82, 2.24) is 9.97 Å². The summed E-state index contributed by atoms with van der Waals surface area (Å²) in [7, 11) is 0. The molecule has 6 heteroatoms. The van der Waals surface area contributed by atoms with Crippen molar-refractivity contribution in [3.05, 3.63) is 114 Å². The highest BCUT2D eigenvalue weighted by Crippen LogP contribution is 2.46. The van der Waals surface area contributed by atoms with Gasteiger partial charge in [0.1, 0.15) is 0 Å². The predicted molar refractivity (Wildman–Crippen MR) is 147 cm³/mol. The lowest BCUT2D eigenvalue weighted by molar-refractivity contribution is 0.102. The molecule has 6 aromatic rings. The Morgan fingerprint density at radius 3 is 1.32 bits per heavy atom. The van der Waals surface area contributed by atoms with Gasteiger partial charge in [0.25, 0.3) is 0 Å². The first kappa shape index (κ1) is 21.0. The molecule has 38 heavy (non-hydrogen) atoms. The maximum atomic E-state index is 13.8. The van der Waals surface area contributed by atoms with Gasteiger partial charge < -0.3 is 9.97 Å². The van der Waals surface area contributed by atoms with Crippen LogP contribution in [-0.2, 0) is 0 Å². The molecule has 6 nitrogen and oxygen atoms in total. The average Bonchev–Trinajstić information content (AvgIpc) is 2.91. The Kier molecular flexibility index (Phi) is 3.77. The molecule has 0 radical (unpaired) electrons. The quantitative estimate of drug-likeness (QED) is 0.288. The van der Waals surface area contributed by atoms with Crippen molar-refractivity contribution in [3.63, 3.8) is 0 Å². The number of aromatic amines is 2. The SMILES string of the molecule is Cc1ccc2[nH]c3c(c(=O)c2c1)C(=O)c1ccc2c4c(ccc-3c14)-c1[nH]c3ccc(C)cc3c(=O)c1C2=O. The highest BCUT2D eigenvalue weighted by atomic mass is 16.1. The number of benzene rings is 4. The van der Waals surface area contributed by atoms with Crippen LogP contribution in [0.1, 0.15) is 43.0 Å². The second-order valence-corrected chi connectivity index (χ2v) is 10.2. The van der Waals surface area contributed by atoms with E-state index in [2.05, 4.69) is 9.97 Å². The summed E-state index contributed by atoms with van der Waals surface area (Å²) in [6, 6.07) is 18.0. The number of fused-ring (bicyclic) bond motifs is 6. The van der Waals surface area contributed by atoms with Crippen LogP contribution in [0.15, 0.2) is 70.3 Å². The van der Waals surface area contributed by atoms with Crippen LogP contribution >= 0.6 is 0 Å². The lowest BCUT2D eigenvalue weighted by Gasteiger charge is -2.26. The lowest BCUT2D eigenvalue weighted by Crippen LogP contribution is -2.25. The zero-order chi connectivity index (χ0) is 26.0. The topological polar surface area (TPSA) is 99.9 Å². The molecule has 0 aliphatic heterocycles. The molecule has 2 aliphatic carbocycles. The molecule has 2 heterocycles. The van der Waals surface area contributed by atoms with E-state index in [4.69, 9.17) is 0 Å². The van der Waals surface area contributed by atoms with Gasteiger partial charge >= 0.3 is 0 Å². The van der Waals surface area contributed by atoms with Crippen LogP contribution in [0.2, 0.25) is 0 Å². The molecular weight excluding hydrogens is 476 g/mol. The Hall–Kier alpha value is -5.10. The number of hydrogen-bond acceptors (Lipinski definition) is 4. The van der Waals surface area contributed by atoms with Gasteiger partial charge in [-0.25, -0.2) is 0 Å². The number of aryl methyl sites for hydroxylation is 2. The van der Waals surface area contributed by atoms with Crippen molar-refractivity contribution >= 4 is 44.1 Å². The van der Waals surface area contributed by atoms with Crippen molar-refractivity contribution in [2.24, 2.45) is 0 Å². The fraction of sp³-hybridized carbons (Fsp3) is 0.0625. The monoisotopic (exact) mass is 494 g/mol. The minimum atomic E-state index is -0.374. The van der Waals surface area contributed by atoms with Crippen LogP contribution in [0.3, 0.4) is 0 Å². The van der Waals surface area contributed by atoms with E-state index >= 15 is 0 Å².